The maximum absolute atomic E-state index is 6.08. The van der Waals surface area contributed by atoms with Crippen LogP contribution in [0.2, 0.25) is 0 Å². The third-order valence-corrected chi connectivity index (χ3v) is 5.37. The second-order valence-corrected chi connectivity index (χ2v) is 6.91. The Bertz CT molecular complexity index is 457. The summed E-state index contributed by atoms with van der Waals surface area (Å²) in [5.41, 5.74) is 11.8. The lowest BCUT2D eigenvalue weighted by molar-refractivity contribution is 0.0768. The molecule has 3 unspecified atom stereocenters. The van der Waals surface area contributed by atoms with Crippen molar-refractivity contribution < 1.29 is 0 Å². The highest BCUT2D eigenvalue weighted by Gasteiger charge is 2.31. The van der Waals surface area contributed by atoms with E-state index in [9.17, 15) is 0 Å². The molecule has 0 bridgehead atoms. The van der Waals surface area contributed by atoms with Gasteiger partial charge in [-0.3, -0.25) is 4.90 Å². The van der Waals surface area contributed by atoms with Gasteiger partial charge in [0, 0.05) is 18.6 Å². The largest absolute Gasteiger partial charge is 0.329 e. The monoisotopic (exact) mass is 288 g/mol. The highest BCUT2D eigenvalue weighted by Crippen LogP contribution is 2.34. The SMILES string of the molecule is CCC1CCN(C(C)c2c(C)cc(C)cc2C)C(CN)C1. The molecule has 0 aliphatic carbocycles. The lowest BCUT2D eigenvalue weighted by Crippen LogP contribution is -2.47. The van der Waals surface area contributed by atoms with E-state index in [1.807, 2.05) is 0 Å². The molecular weight excluding hydrogens is 256 g/mol. The van der Waals surface area contributed by atoms with Crippen LogP contribution < -0.4 is 5.73 Å². The number of hydrogen-bond donors (Lipinski definition) is 1. The van der Waals surface area contributed by atoms with Crippen LogP contribution in [0.25, 0.3) is 0 Å². The van der Waals surface area contributed by atoms with Crippen LogP contribution in [0, 0.1) is 26.7 Å². The Morgan fingerprint density at radius 1 is 1.24 bits per heavy atom. The summed E-state index contributed by atoms with van der Waals surface area (Å²) in [5.74, 6) is 0.863. The van der Waals surface area contributed by atoms with Crippen LogP contribution in [-0.2, 0) is 0 Å². The maximum atomic E-state index is 6.08. The zero-order valence-corrected chi connectivity index (χ0v) is 14.4. The molecular formula is C19H32N2. The fourth-order valence-electron chi connectivity index (χ4n) is 4.28. The topological polar surface area (TPSA) is 29.3 Å². The molecule has 1 aromatic carbocycles. The minimum Gasteiger partial charge on any atom is -0.329 e. The van der Waals surface area contributed by atoms with Crippen molar-refractivity contribution in [2.75, 3.05) is 13.1 Å². The van der Waals surface area contributed by atoms with E-state index in [-0.39, 0.29) is 0 Å². The highest BCUT2D eigenvalue weighted by atomic mass is 15.2. The van der Waals surface area contributed by atoms with Crippen LogP contribution in [0.1, 0.15) is 61.4 Å². The first-order chi connectivity index (χ1) is 9.97. The average molecular weight is 288 g/mol. The zero-order chi connectivity index (χ0) is 15.6. The molecule has 1 aliphatic heterocycles. The standard InChI is InChI=1S/C19H32N2/c1-6-17-7-8-21(18(11-17)12-20)16(5)19-14(3)9-13(2)10-15(19)4/h9-10,16-18H,6-8,11-12,20H2,1-5H3. The van der Waals surface area contributed by atoms with Crippen molar-refractivity contribution in [1.29, 1.82) is 0 Å². The number of rotatable bonds is 4. The van der Waals surface area contributed by atoms with E-state index < -0.39 is 0 Å². The van der Waals surface area contributed by atoms with E-state index in [0.717, 1.165) is 12.5 Å². The van der Waals surface area contributed by atoms with Gasteiger partial charge in [0.15, 0.2) is 0 Å². The van der Waals surface area contributed by atoms with Crippen molar-refractivity contribution in [3.05, 3.63) is 34.4 Å². The quantitative estimate of drug-likeness (QED) is 0.903. The van der Waals surface area contributed by atoms with E-state index in [0.29, 0.717) is 12.1 Å². The zero-order valence-electron chi connectivity index (χ0n) is 14.4. The number of piperidine rings is 1. The summed E-state index contributed by atoms with van der Waals surface area (Å²) in [6, 6.07) is 5.64. The van der Waals surface area contributed by atoms with E-state index in [1.54, 1.807) is 0 Å². The van der Waals surface area contributed by atoms with Crippen molar-refractivity contribution in [1.82, 2.24) is 4.90 Å². The summed E-state index contributed by atoms with van der Waals surface area (Å²) < 4.78 is 0. The summed E-state index contributed by atoms with van der Waals surface area (Å²) in [5, 5.41) is 0. The highest BCUT2D eigenvalue weighted by molar-refractivity contribution is 5.39. The van der Waals surface area contributed by atoms with Crippen molar-refractivity contribution in [3.8, 4) is 0 Å². The second kappa shape index (κ2) is 6.93. The van der Waals surface area contributed by atoms with Crippen LogP contribution in [0.15, 0.2) is 12.1 Å². The predicted octanol–water partition coefficient (Wildman–Crippen LogP) is 4.12. The maximum Gasteiger partial charge on any atom is 0.0328 e. The molecule has 1 heterocycles. The Morgan fingerprint density at radius 3 is 2.38 bits per heavy atom. The minimum absolute atomic E-state index is 0.469. The van der Waals surface area contributed by atoms with E-state index in [2.05, 4.69) is 51.7 Å². The molecule has 1 aromatic rings. The van der Waals surface area contributed by atoms with Crippen LogP contribution in [0.4, 0.5) is 0 Å². The van der Waals surface area contributed by atoms with Crippen molar-refractivity contribution in [2.45, 2.75) is 66.0 Å². The molecule has 0 amide bonds. The third-order valence-electron chi connectivity index (χ3n) is 5.37. The minimum atomic E-state index is 0.469. The summed E-state index contributed by atoms with van der Waals surface area (Å²) in [6.07, 6.45) is 3.88. The van der Waals surface area contributed by atoms with Crippen molar-refractivity contribution in [3.63, 3.8) is 0 Å². The van der Waals surface area contributed by atoms with Gasteiger partial charge < -0.3 is 5.73 Å². The molecule has 2 nitrogen and oxygen atoms in total. The Morgan fingerprint density at radius 2 is 1.86 bits per heavy atom. The molecule has 118 valence electrons. The fourth-order valence-corrected chi connectivity index (χ4v) is 4.28. The Kier molecular flexibility index (Phi) is 5.45. The van der Waals surface area contributed by atoms with Gasteiger partial charge in [-0.1, -0.05) is 31.0 Å². The number of aryl methyl sites for hydroxylation is 3. The van der Waals surface area contributed by atoms with Crippen molar-refractivity contribution >= 4 is 0 Å². The predicted molar refractivity (Wildman–Crippen MR) is 91.6 cm³/mol. The molecule has 2 heteroatoms. The van der Waals surface area contributed by atoms with Gasteiger partial charge in [-0.15, -0.1) is 0 Å². The number of nitrogens with zero attached hydrogens (tertiary/aromatic N) is 1. The van der Waals surface area contributed by atoms with Gasteiger partial charge in [0.1, 0.15) is 0 Å². The molecule has 3 atom stereocenters. The normalized spacial score (nSPS) is 25.0. The first kappa shape index (κ1) is 16.5. The third kappa shape index (κ3) is 3.49. The van der Waals surface area contributed by atoms with E-state index >= 15 is 0 Å². The van der Waals surface area contributed by atoms with Gasteiger partial charge in [0.2, 0.25) is 0 Å². The fraction of sp³-hybridized carbons (Fsp3) is 0.684. The van der Waals surface area contributed by atoms with Crippen LogP contribution in [0.3, 0.4) is 0 Å². The number of likely N-dealkylation sites (tertiary alicyclic amines) is 1. The summed E-state index contributed by atoms with van der Waals surface area (Å²) in [4.78, 5) is 2.65. The first-order valence-corrected chi connectivity index (χ1v) is 8.51. The molecule has 0 spiro atoms. The average Bonchev–Trinajstić information content (AvgIpc) is 2.45. The van der Waals surface area contributed by atoms with Crippen LogP contribution in [0.5, 0.6) is 0 Å². The van der Waals surface area contributed by atoms with Gasteiger partial charge >= 0.3 is 0 Å². The van der Waals surface area contributed by atoms with Crippen LogP contribution in [-0.4, -0.2) is 24.0 Å². The molecule has 0 aromatic heterocycles. The van der Waals surface area contributed by atoms with Crippen LogP contribution >= 0.6 is 0 Å². The molecule has 0 radical (unpaired) electrons. The molecule has 0 saturated carbocycles. The summed E-state index contributed by atoms with van der Waals surface area (Å²) >= 11 is 0. The summed E-state index contributed by atoms with van der Waals surface area (Å²) in [7, 11) is 0. The summed E-state index contributed by atoms with van der Waals surface area (Å²) in [6.45, 7) is 13.3. The van der Waals surface area contributed by atoms with Gasteiger partial charge in [-0.25, -0.2) is 0 Å². The Labute approximate surface area is 130 Å². The lowest BCUT2D eigenvalue weighted by atomic mass is 9.86. The number of benzene rings is 1. The van der Waals surface area contributed by atoms with Gasteiger partial charge in [0.25, 0.3) is 0 Å². The van der Waals surface area contributed by atoms with Gasteiger partial charge in [0.05, 0.1) is 0 Å². The van der Waals surface area contributed by atoms with Gasteiger partial charge in [-0.2, -0.15) is 0 Å². The van der Waals surface area contributed by atoms with E-state index in [1.165, 1.54) is 48.1 Å². The first-order valence-electron chi connectivity index (χ1n) is 8.51. The molecule has 2 rings (SSSR count). The Hall–Kier alpha value is -0.860. The molecule has 2 N–H and O–H groups in total. The molecule has 1 saturated heterocycles. The molecule has 1 aliphatic rings. The molecule has 1 fully saturated rings. The second-order valence-electron chi connectivity index (χ2n) is 6.91. The molecule has 21 heavy (non-hydrogen) atoms. The Balaban J connectivity index is 2.25. The number of hydrogen-bond acceptors (Lipinski definition) is 2. The van der Waals surface area contributed by atoms with Gasteiger partial charge in [-0.05, 0) is 69.7 Å². The van der Waals surface area contributed by atoms with Crippen molar-refractivity contribution in [2.24, 2.45) is 11.7 Å². The number of nitrogens with two attached hydrogens (primary N) is 1. The smallest absolute Gasteiger partial charge is 0.0328 e. The van der Waals surface area contributed by atoms with E-state index in [4.69, 9.17) is 5.73 Å². The lowest BCUT2D eigenvalue weighted by Gasteiger charge is -2.43.